The fourth-order valence-corrected chi connectivity index (χ4v) is 2.63. The second-order valence-electron chi connectivity index (χ2n) is 4.37. The maximum absolute atomic E-state index is 11.5. The van der Waals surface area contributed by atoms with Gasteiger partial charge in [0.25, 0.3) is 0 Å². The van der Waals surface area contributed by atoms with Crippen LogP contribution in [0.15, 0.2) is 0 Å². The molecule has 1 fully saturated rings. The zero-order valence-electron chi connectivity index (χ0n) is 10.8. The van der Waals surface area contributed by atoms with Crippen molar-refractivity contribution in [2.45, 2.75) is 32.9 Å². The number of amides is 1. The molecule has 0 aliphatic carbocycles. The van der Waals surface area contributed by atoms with Crippen molar-refractivity contribution in [1.82, 2.24) is 20.4 Å². The molecular weight excluding hydrogens is 250 g/mol. The van der Waals surface area contributed by atoms with E-state index < -0.39 is 0 Å². The molecule has 2 heterocycles. The van der Waals surface area contributed by atoms with Crippen molar-refractivity contribution in [3.05, 3.63) is 5.01 Å². The van der Waals surface area contributed by atoms with Crippen molar-refractivity contribution in [2.75, 3.05) is 25.0 Å². The first-order chi connectivity index (χ1) is 8.70. The Bertz CT molecular complexity index is 408. The summed E-state index contributed by atoms with van der Waals surface area (Å²) in [6, 6.07) is -0.0882. The monoisotopic (exact) mass is 269 g/mol. The summed E-state index contributed by atoms with van der Waals surface area (Å²) in [5, 5.41) is 16.1. The fourth-order valence-electron chi connectivity index (χ4n) is 1.84. The van der Waals surface area contributed by atoms with E-state index in [1.54, 1.807) is 11.3 Å². The third-order valence-corrected chi connectivity index (χ3v) is 3.82. The minimum absolute atomic E-state index is 0.0882. The Morgan fingerprint density at radius 1 is 1.56 bits per heavy atom. The van der Waals surface area contributed by atoms with E-state index >= 15 is 0 Å². The van der Waals surface area contributed by atoms with Crippen LogP contribution in [-0.4, -0.2) is 46.7 Å². The highest BCUT2D eigenvalue weighted by Crippen LogP contribution is 2.18. The number of piperazine rings is 1. The molecule has 1 aromatic rings. The zero-order chi connectivity index (χ0) is 13.0. The quantitative estimate of drug-likeness (QED) is 0.822. The number of nitrogens with one attached hydrogen (secondary N) is 2. The highest BCUT2D eigenvalue weighted by molar-refractivity contribution is 7.15. The van der Waals surface area contributed by atoms with E-state index in [0.717, 1.165) is 29.6 Å². The van der Waals surface area contributed by atoms with E-state index in [1.807, 2.05) is 6.92 Å². The largest absolute Gasteiger partial charge is 0.360 e. The molecule has 1 saturated heterocycles. The smallest absolute Gasteiger partial charge is 0.237 e. The number of hydrogen-bond acceptors (Lipinski definition) is 6. The lowest BCUT2D eigenvalue weighted by molar-refractivity contribution is -0.128. The average molecular weight is 269 g/mol. The van der Waals surface area contributed by atoms with Crippen LogP contribution >= 0.6 is 11.3 Å². The van der Waals surface area contributed by atoms with Gasteiger partial charge < -0.3 is 10.6 Å². The van der Waals surface area contributed by atoms with Crippen molar-refractivity contribution in [2.24, 2.45) is 0 Å². The van der Waals surface area contributed by atoms with Gasteiger partial charge in [-0.1, -0.05) is 18.3 Å². The van der Waals surface area contributed by atoms with Crippen LogP contribution in [0.2, 0.25) is 0 Å². The number of anilines is 1. The van der Waals surface area contributed by atoms with Crippen LogP contribution in [0.5, 0.6) is 0 Å². The minimum Gasteiger partial charge on any atom is -0.360 e. The molecule has 1 unspecified atom stereocenters. The van der Waals surface area contributed by atoms with Gasteiger partial charge in [0, 0.05) is 19.6 Å². The molecule has 0 saturated carbocycles. The van der Waals surface area contributed by atoms with Crippen LogP contribution in [0.25, 0.3) is 0 Å². The lowest BCUT2D eigenvalue weighted by Crippen LogP contribution is -2.53. The van der Waals surface area contributed by atoms with E-state index in [0.29, 0.717) is 13.1 Å². The van der Waals surface area contributed by atoms with E-state index in [4.69, 9.17) is 0 Å². The summed E-state index contributed by atoms with van der Waals surface area (Å²) in [7, 11) is 0. The first-order valence-electron chi connectivity index (χ1n) is 6.28. The average Bonchev–Trinajstić information content (AvgIpc) is 2.80. The second-order valence-corrected chi connectivity index (χ2v) is 5.43. The Kier molecular flexibility index (Phi) is 4.48. The van der Waals surface area contributed by atoms with Crippen LogP contribution in [0.4, 0.5) is 5.13 Å². The van der Waals surface area contributed by atoms with Crippen molar-refractivity contribution in [3.63, 3.8) is 0 Å². The molecule has 2 N–H and O–H groups in total. The predicted molar refractivity (Wildman–Crippen MR) is 71.6 cm³/mol. The Morgan fingerprint density at radius 3 is 3.17 bits per heavy atom. The summed E-state index contributed by atoms with van der Waals surface area (Å²) in [4.78, 5) is 13.7. The van der Waals surface area contributed by atoms with Gasteiger partial charge >= 0.3 is 0 Å². The van der Waals surface area contributed by atoms with E-state index in [9.17, 15) is 4.79 Å². The molecule has 1 aromatic heterocycles. The number of nitrogens with zero attached hydrogens (tertiary/aromatic N) is 3. The number of carbonyl (C=O) groups excluding carboxylic acids is 1. The first-order valence-corrected chi connectivity index (χ1v) is 7.10. The van der Waals surface area contributed by atoms with Gasteiger partial charge in [0.1, 0.15) is 5.01 Å². The van der Waals surface area contributed by atoms with Crippen molar-refractivity contribution < 1.29 is 4.79 Å². The Labute approximate surface area is 111 Å². The maximum Gasteiger partial charge on any atom is 0.237 e. The Morgan fingerprint density at radius 2 is 2.39 bits per heavy atom. The van der Waals surface area contributed by atoms with Crippen molar-refractivity contribution >= 4 is 22.4 Å². The maximum atomic E-state index is 11.5. The second kappa shape index (κ2) is 6.10. The highest BCUT2D eigenvalue weighted by atomic mass is 32.1. The molecule has 0 spiro atoms. The van der Waals surface area contributed by atoms with Gasteiger partial charge in [0.15, 0.2) is 0 Å². The molecule has 2 rings (SSSR count). The third kappa shape index (κ3) is 3.17. The number of hydrogen-bond donors (Lipinski definition) is 2. The zero-order valence-corrected chi connectivity index (χ0v) is 11.6. The molecule has 1 amide bonds. The molecule has 1 aliphatic heterocycles. The van der Waals surface area contributed by atoms with Crippen LogP contribution in [-0.2, 0) is 11.3 Å². The third-order valence-electron chi connectivity index (χ3n) is 2.96. The summed E-state index contributed by atoms with van der Waals surface area (Å²) in [5.41, 5.74) is 0. The fraction of sp³-hybridized carbons (Fsp3) is 0.727. The SMILES string of the molecule is CCCNc1nnc(CN2CCNC(=O)C2C)s1. The topological polar surface area (TPSA) is 70.2 Å². The standard InChI is InChI=1S/C11H19N5OS/c1-3-4-13-11-15-14-9(18-11)7-16-6-5-12-10(17)8(16)2/h8H,3-7H2,1-2H3,(H,12,17)(H,13,15). The minimum atomic E-state index is -0.0882. The lowest BCUT2D eigenvalue weighted by atomic mass is 10.2. The lowest BCUT2D eigenvalue weighted by Gasteiger charge is -2.31. The van der Waals surface area contributed by atoms with E-state index in [-0.39, 0.29) is 11.9 Å². The first kappa shape index (κ1) is 13.2. The molecule has 6 nitrogen and oxygen atoms in total. The molecule has 0 aromatic carbocycles. The van der Waals surface area contributed by atoms with Gasteiger partial charge in [-0.15, -0.1) is 10.2 Å². The number of rotatable bonds is 5. The van der Waals surface area contributed by atoms with Gasteiger partial charge in [-0.25, -0.2) is 0 Å². The van der Waals surface area contributed by atoms with Crippen LogP contribution < -0.4 is 10.6 Å². The van der Waals surface area contributed by atoms with Gasteiger partial charge in [-0.3, -0.25) is 9.69 Å². The van der Waals surface area contributed by atoms with Gasteiger partial charge in [-0.2, -0.15) is 0 Å². The predicted octanol–water partition coefficient (Wildman–Crippen LogP) is 0.680. The molecular formula is C11H19N5OS. The Hall–Kier alpha value is -1.21. The van der Waals surface area contributed by atoms with Crippen LogP contribution in [0.1, 0.15) is 25.3 Å². The highest BCUT2D eigenvalue weighted by Gasteiger charge is 2.26. The van der Waals surface area contributed by atoms with Gasteiger partial charge in [-0.05, 0) is 13.3 Å². The van der Waals surface area contributed by atoms with E-state index in [2.05, 4.69) is 32.7 Å². The summed E-state index contributed by atoms with van der Waals surface area (Å²) < 4.78 is 0. The molecule has 0 radical (unpaired) electrons. The van der Waals surface area contributed by atoms with Gasteiger partial charge in [0.05, 0.1) is 12.6 Å². The van der Waals surface area contributed by atoms with Crippen LogP contribution in [0, 0.1) is 0 Å². The van der Waals surface area contributed by atoms with Crippen LogP contribution in [0.3, 0.4) is 0 Å². The molecule has 1 atom stereocenters. The number of aromatic nitrogens is 2. The summed E-state index contributed by atoms with van der Waals surface area (Å²) in [6.07, 6.45) is 1.07. The molecule has 0 bridgehead atoms. The molecule has 7 heteroatoms. The molecule has 18 heavy (non-hydrogen) atoms. The Balaban J connectivity index is 1.92. The summed E-state index contributed by atoms with van der Waals surface area (Å²) in [6.45, 7) is 7.22. The van der Waals surface area contributed by atoms with E-state index in [1.165, 1.54) is 0 Å². The molecule has 1 aliphatic rings. The van der Waals surface area contributed by atoms with Gasteiger partial charge in [0.2, 0.25) is 11.0 Å². The summed E-state index contributed by atoms with van der Waals surface area (Å²) in [5.74, 6) is 0.0927. The summed E-state index contributed by atoms with van der Waals surface area (Å²) >= 11 is 1.56. The van der Waals surface area contributed by atoms with Crippen molar-refractivity contribution in [3.8, 4) is 0 Å². The molecule has 100 valence electrons. The number of carbonyl (C=O) groups is 1. The van der Waals surface area contributed by atoms with Crippen molar-refractivity contribution in [1.29, 1.82) is 0 Å². The normalized spacial score (nSPS) is 20.8.